The molecule has 0 bridgehead atoms. The van der Waals surface area contributed by atoms with Gasteiger partial charge in [0, 0.05) is 20.2 Å². The molecular weight excluding hydrogens is 265 g/mol. The van der Waals surface area contributed by atoms with Crippen LogP contribution in [-0.4, -0.2) is 26.8 Å². The Bertz CT molecular complexity index is 402. The van der Waals surface area contributed by atoms with Crippen LogP contribution in [0, 0.1) is 11.7 Å². The molecule has 1 atom stereocenters. The number of ether oxygens (including phenoxy) is 1. The van der Waals surface area contributed by atoms with Crippen molar-refractivity contribution in [1.29, 1.82) is 0 Å². The quantitative estimate of drug-likeness (QED) is 0.603. The Hall–Kier alpha value is -0.930. The smallest absolute Gasteiger partial charge is 0.123 e. The molecule has 1 aliphatic carbocycles. The highest BCUT2D eigenvalue weighted by molar-refractivity contribution is 5.22. The van der Waals surface area contributed by atoms with Gasteiger partial charge in [0.05, 0.1) is 6.61 Å². The minimum absolute atomic E-state index is 0.122. The lowest BCUT2D eigenvalue weighted by Crippen LogP contribution is -2.29. The third-order valence-corrected chi connectivity index (χ3v) is 4.59. The van der Waals surface area contributed by atoms with Crippen molar-refractivity contribution in [3.63, 3.8) is 0 Å². The predicted octanol–water partition coefficient (Wildman–Crippen LogP) is 4.12. The van der Waals surface area contributed by atoms with E-state index in [9.17, 15) is 4.39 Å². The molecule has 0 amide bonds. The first-order valence-corrected chi connectivity index (χ1v) is 8.26. The molecule has 2 rings (SSSR count). The van der Waals surface area contributed by atoms with Gasteiger partial charge in [0.1, 0.15) is 5.82 Å². The molecule has 1 unspecified atom stereocenters. The molecule has 1 N–H and O–H groups in total. The van der Waals surface area contributed by atoms with E-state index < -0.39 is 0 Å². The zero-order valence-corrected chi connectivity index (χ0v) is 13.1. The van der Waals surface area contributed by atoms with Crippen molar-refractivity contribution in [2.24, 2.45) is 5.92 Å². The Morgan fingerprint density at radius 3 is 2.67 bits per heavy atom. The van der Waals surface area contributed by atoms with Crippen LogP contribution in [-0.2, 0) is 4.74 Å². The summed E-state index contributed by atoms with van der Waals surface area (Å²) < 4.78 is 18.7. The third-order valence-electron chi connectivity index (χ3n) is 4.59. The van der Waals surface area contributed by atoms with Gasteiger partial charge in [-0.3, -0.25) is 0 Å². The van der Waals surface area contributed by atoms with E-state index >= 15 is 0 Å². The zero-order valence-electron chi connectivity index (χ0n) is 13.1. The van der Waals surface area contributed by atoms with Crippen molar-refractivity contribution >= 4 is 0 Å². The Labute approximate surface area is 128 Å². The molecule has 1 saturated carbocycles. The number of hydrogen-bond acceptors (Lipinski definition) is 2. The van der Waals surface area contributed by atoms with E-state index in [1.165, 1.54) is 44.6 Å². The summed E-state index contributed by atoms with van der Waals surface area (Å²) in [7, 11) is 1.72. The topological polar surface area (TPSA) is 21.3 Å². The highest BCUT2D eigenvalue weighted by Crippen LogP contribution is 2.35. The van der Waals surface area contributed by atoms with Crippen molar-refractivity contribution in [2.75, 3.05) is 26.8 Å². The molecule has 1 aromatic rings. The largest absolute Gasteiger partial charge is 0.383 e. The van der Waals surface area contributed by atoms with Crippen LogP contribution in [0.4, 0.5) is 4.39 Å². The van der Waals surface area contributed by atoms with Crippen molar-refractivity contribution in [3.8, 4) is 0 Å². The van der Waals surface area contributed by atoms with Crippen LogP contribution in [0.2, 0.25) is 0 Å². The van der Waals surface area contributed by atoms with E-state index in [2.05, 4.69) is 11.4 Å². The molecular formula is C18H28FNO. The number of halogens is 1. The number of methoxy groups -OCH3 is 1. The van der Waals surface area contributed by atoms with Crippen LogP contribution < -0.4 is 5.32 Å². The highest BCUT2D eigenvalue weighted by Gasteiger charge is 2.24. The van der Waals surface area contributed by atoms with E-state index in [0.717, 1.165) is 25.3 Å². The van der Waals surface area contributed by atoms with Gasteiger partial charge < -0.3 is 10.1 Å². The van der Waals surface area contributed by atoms with Crippen LogP contribution in [0.3, 0.4) is 0 Å². The second kappa shape index (κ2) is 9.16. The van der Waals surface area contributed by atoms with Crippen LogP contribution in [0.25, 0.3) is 0 Å². The summed E-state index contributed by atoms with van der Waals surface area (Å²) in [5.74, 6) is 0.961. The first-order chi connectivity index (χ1) is 10.3. The van der Waals surface area contributed by atoms with Gasteiger partial charge in [-0.25, -0.2) is 4.39 Å². The maximum Gasteiger partial charge on any atom is 0.123 e. The Balaban J connectivity index is 2.05. The van der Waals surface area contributed by atoms with Gasteiger partial charge in [0.15, 0.2) is 0 Å². The lowest BCUT2D eigenvalue weighted by atomic mass is 9.81. The summed E-state index contributed by atoms with van der Waals surface area (Å²) in [6.07, 6.45) is 7.87. The first kappa shape index (κ1) is 16.4. The van der Waals surface area contributed by atoms with Crippen LogP contribution in [0.15, 0.2) is 24.3 Å². The average Bonchev–Trinajstić information content (AvgIpc) is 2.76. The summed E-state index contributed by atoms with van der Waals surface area (Å²) in [6.45, 7) is 2.49. The van der Waals surface area contributed by atoms with E-state index in [4.69, 9.17) is 4.74 Å². The van der Waals surface area contributed by atoms with Gasteiger partial charge >= 0.3 is 0 Å². The fourth-order valence-corrected chi connectivity index (χ4v) is 3.44. The Morgan fingerprint density at radius 2 is 2.00 bits per heavy atom. The normalized spacial score (nSPS) is 18.4. The molecule has 118 valence electrons. The molecule has 3 heteroatoms. The molecule has 21 heavy (non-hydrogen) atoms. The summed E-state index contributed by atoms with van der Waals surface area (Å²) in [4.78, 5) is 0. The van der Waals surface area contributed by atoms with Crippen molar-refractivity contribution in [2.45, 2.75) is 44.4 Å². The Morgan fingerprint density at radius 1 is 1.24 bits per heavy atom. The van der Waals surface area contributed by atoms with Crippen LogP contribution in [0.1, 0.15) is 50.0 Å². The molecule has 0 radical (unpaired) electrons. The van der Waals surface area contributed by atoms with Crippen LogP contribution in [0.5, 0.6) is 0 Å². The minimum atomic E-state index is -0.122. The van der Waals surface area contributed by atoms with Gasteiger partial charge in [-0.05, 0) is 42.4 Å². The maximum atomic E-state index is 13.6. The lowest BCUT2D eigenvalue weighted by Gasteiger charge is -2.27. The Kier molecular flexibility index (Phi) is 7.17. The standard InChI is InChI=1S/C18H28FNO/c1-21-12-11-20-14-18(15-7-4-2-3-5-8-15)16-9-6-10-17(19)13-16/h6,9-10,13,15,18,20H,2-5,7-8,11-12,14H2,1H3. The maximum absolute atomic E-state index is 13.6. The second-order valence-corrected chi connectivity index (χ2v) is 6.11. The molecule has 0 aliphatic heterocycles. The third kappa shape index (κ3) is 5.40. The molecule has 0 spiro atoms. The second-order valence-electron chi connectivity index (χ2n) is 6.11. The fourth-order valence-electron chi connectivity index (χ4n) is 3.44. The lowest BCUT2D eigenvalue weighted by molar-refractivity contribution is 0.197. The highest BCUT2D eigenvalue weighted by atomic mass is 19.1. The number of rotatable bonds is 7. The molecule has 1 aromatic carbocycles. The van der Waals surface area contributed by atoms with Crippen molar-refractivity contribution in [1.82, 2.24) is 5.32 Å². The van der Waals surface area contributed by atoms with Gasteiger partial charge in [0.25, 0.3) is 0 Å². The number of hydrogen-bond donors (Lipinski definition) is 1. The predicted molar refractivity (Wildman–Crippen MR) is 85.1 cm³/mol. The monoisotopic (exact) mass is 293 g/mol. The molecule has 2 nitrogen and oxygen atoms in total. The van der Waals surface area contributed by atoms with Crippen molar-refractivity contribution < 1.29 is 9.13 Å². The summed E-state index contributed by atoms with van der Waals surface area (Å²) >= 11 is 0. The van der Waals surface area contributed by atoms with E-state index in [1.54, 1.807) is 13.2 Å². The number of nitrogens with one attached hydrogen (secondary N) is 1. The van der Waals surface area contributed by atoms with E-state index in [0.29, 0.717) is 11.8 Å². The van der Waals surface area contributed by atoms with Gasteiger partial charge in [-0.2, -0.15) is 0 Å². The summed E-state index contributed by atoms with van der Waals surface area (Å²) in [5, 5.41) is 3.47. The fraction of sp³-hybridized carbons (Fsp3) is 0.667. The average molecular weight is 293 g/mol. The molecule has 0 aromatic heterocycles. The zero-order chi connectivity index (χ0) is 14.9. The first-order valence-electron chi connectivity index (χ1n) is 8.26. The molecule has 0 heterocycles. The van der Waals surface area contributed by atoms with E-state index in [1.807, 2.05) is 6.07 Å². The molecule has 0 saturated heterocycles. The van der Waals surface area contributed by atoms with Gasteiger partial charge in [-0.15, -0.1) is 0 Å². The van der Waals surface area contributed by atoms with Crippen LogP contribution >= 0.6 is 0 Å². The number of benzene rings is 1. The summed E-state index contributed by atoms with van der Waals surface area (Å²) in [5.41, 5.74) is 1.15. The minimum Gasteiger partial charge on any atom is -0.383 e. The molecule has 1 aliphatic rings. The van der Waals surface area contributed by atoms with Gasteiger partial charge in [-0.1, -0.05) is 37.8 Å². The SMILES string of the molecule is COCCNCC(c1cccc(F)c1)C1CCCCCC1. The summed E-state index contributed by atoms with van der Waals surface area (Å²) in [6, 6.07) is 7.17. The molecule has 1 fully saturated rings. The van der Waals surface area contributed by atoms with Crippen molar-refractivity contribution in [3.05, 3.63) is 35.6 Å². The van der Waals surface area contributed by atoms with E-state index in [-0.39, 0.29) is 5.82 Å². The van der Waals surface area contributed by atoms with Gasteiger partial charge in [0.2, 0.25) is 0 Å².